The summed E-state index contributed by atoms with van der Waals surface area (Å²) in [7, 11) is 1.91. The molecule has 0 spiro atoms. The molecule has 31 heavy (non-hydrogen) atoms. The highest BCUT2D eigenvalue weighted by Crippen LogP contribution is 2.38. The Morgan fingerprint density at radius 3 is 2.68 bits per heavy atom. The van der Waals surface area contributed by atoms with Crippen LogP contribution in [0.5, 0.6) is 0 Å². The first-order chi connectivity index (χ1) is 14.5. The summed E-state index contributed by atoms with van der Waals surface area (Å²) in [5, 5.41) is 10.2. The number of halogens is 3. The van der Waals surface area contributed by atoms with Gasteiger partial charge < -0.3 is 15.5 Å². The van der Waals surface area contributed by atoms with E-state index in [-0.39, 0.29) is 36.4 Å². The molecule has 7 nitrogen and oxygen atoms in total. The zero-order valence-corrected chi connectivity index (χ0v) is 18.0. The van der Waals surface area contributed by atoms with Crippen LogP contribution in [-0.2, 0) is 17.5 Å². The van der Waals surface area contributed by atoms with Gasteiger partial charge in [-0.05, 0) is 37.7 Å². The smallest absolute Gasteiger partial charge is 0.367 e. The molecule has 1 aliphatic carbocycles. The zero-order valence-electron chi connectivity index (χ0n) is 18.0. The van der Waals surface area contributed by atoms with Gasteiger partial charge in [-0.15, -0.1) is 0 Å². The number of pyridine rings is 1. The van der Waals surface area contributed by atoms with Crippen LogP contribution in [0.3, 0.4) is 0 Å². The van der Waals surface area contributed by atoms with Crippen molar-refractivity contribution >= 4 is 23.1 Å². The number of hydrogen-bond donors (Lipinski definition) is 2. The Morgan fingerprint density at radius 2 is 2.03 bits per heavy atom. The van der Waals surface area contributed by atoms with Crippen molar-refractivity contribution in [3.8, 4) is 0 Å². The number of carbonyl (C=O) groups excluding carboxylic acids is 1. The van der Waals surface area contributed by atoms with E-state index in [1.807, 2.05) is 38.8 Å². The number of amides is 1. The van der Waals surface area contributed by atoms with Crippen molar-refractivity contribution < 1.29 is 18.0 Å². The summed E-state index contributed by atoms with van der Waals surface area (Å²) in [6.07, 6.45) is -1.71. The lowest BCUT2D eigenvalue weighted by atomic mass is 9.80. The van der Waals surface area contributed by atoms with Gasteiger partial charge in [0.2, 0.25) is 5.91 Å². The Hall–Kier alpha value is -2.78. The largest absolute Gasteiger partial charge is 0.433 e. The number of fused-ring (bicyclic) bond motifs is 1. The van der Waals surface area contributed by atoms with Crippen molar-refractivity contribution in [3.05, 3.63) is 29.7 Å². The van der Waals surface area contributed by atoms with Crippen molar-refractivity contribution in [2.24, 2.45) is 11.8 Å². The molecule has 168 valence electrons. The van der Waals surface area contributed by atoms with Gasteiger partial charge in [-0.1, -0.05) is 13.8 Å². The Labute approximate surface area is 179 Å². The number of rotatable bonds is 5. The molecular weight excluding hydrogens is 409 g/mol. The average molecular weight is 436 g/mol. The van der Waals surface area contributed by atoms with Gasteiger partial charge in [0.1, 0.15) is 17.6 Å². The molecule has 4 rings (SSSR count). The molecule has 2 aromatic rings. The highest BCUT2D eigenvalue weighted by molar-refractivity contribution is 6.04. The Bertz CT molecular complexity index is 980. The number of nitrogens with one attached hydrogen (secondary N) is 2. The Kier molecular flexibility index (Phi) is 5.35. The summed E-state index contributed by atoms with van der Waals surface area (Å²) in [4.78, 5) is 19.0. The summed E-state index contributed by atoms with van der Waals surface area (Å²) in [6, 6.07) is 2.82. The topological polar surface area (TPSA) is 75.1 Å². The third-order valence-corrected chi connectivity index (χ3v) is 6.15. The SMILES string of the molecule is Cc1nc(N[C@H]2C[C@@H](Cn3nccc3C(F)(F)F)C2)cc2c1NC(=O)C(C(C)C)N2C. The lowest BCUT2D eigenvalue weighted by Gasteiger charge is -2.39. The maximum absolute atomic E-state index is 13.0. The molecule has 2 N–H and O–H groups in total. The quantitative estimate of drug-likeness (QED) is 0.744. The Balaban J connectivity index is 1.42. The van der Waals surface area contributed by atoms with Gasteiger partial charge in [-0.3, -0.25) is 9.48 Å². The van der Waals surface area contributed by atoms with E-state index in [0.717, 1.165) is 40.7 Å². The van der Waals surface area contributed by atoms with Crippen LogP contribution in [0, 0.1) is 18.8 Å². The lowest BCUT2D eigenvalue weighted by Crippen LogP contribution is -2.49. The van der Waals surface area contributed by atoms with E-state index in [9.17, 15) is 18.0 Å². The number of anilines is 3. The fourth-order valence-corrected chi connectivity index (χ4v) is 4.61. The second-order valence-electron chi connectivity index (χ2n) is 8.85. The van der Waals surface area contributed by atoms with Gasteiger partial charge in [0, 0.05) is 31.9 Å². The molecule has 0 aromatic carbocycles. The van der Waals surface area contributed by atoms with Gasteiger partial charge in [0.05, 0.1) is 17.1 Å². The minimum Gasteiger partial charge on any atom is -0.367 e. The van der Waals surface area contributed by atoms with Crippen LogP contribution in [0.2, 0.25) is 0 Å². The van der Waals surface area contributed by atoms with E-state index in [2.05, 4.69) is 20.7 Å². The molecule has 0 radical (unpaired) electrons. The molecule has 2 aliphatic rings. The number of aromatic nitrogens is 3. The second-order valence-corrected chi connectivity index (χ2v) is 8.85. The molecule has 1 unspecified atom stereocenters. The molecular formula is C21H27F3N6O. The second kappa shape index (κ2) is 7.72. The fourth-order valence-electron chi connectivity index (χ4n) is 4.61. The molecule has 1 atom stereocenters. The minimum absolute atomic E-state index is 0.0331. The van der Waals surface area contributed by atoms with E-state index in [1.165, 1.54) is 6.20 Å². The van der Waals surface area contributed by atoms with Crippen molar-refractivity contribution in [3.63, 3.8) is 0 Å². The van der Waals surface area contributed by atoms with Gasteiger partial charge in [-0.2, -0.15) is 18.3 Å². The third-order valence-electron chi connectivity index (χ3n) is 6.15. The van der Waals surface area contributed by atoms with Gasteiger partial charge in [0.25, 0.3) is 0 Å². The maximum atomic E-state index is 13.0. The van der Waals surface area contributed by atoms with Crippen molar-refractivity contribution in [2.75, 3.05) is 22.6 Å². The van der Waals surface area contributed by atoms with E-state index in [1.54, 1.807) is 0 Å². The monoisotopic (exact) mass is 436 g/mol. The first kappa shape index (κ1) is 21.5. The van der Waals surface area contributed by atoms with Gasteiger partial charge in [-0.25, -0.2) is 4.98 Å². The lowest BCUT2D eigenvalue weighted by molar-refractivity contribution is -0.144. The normalized spacial score (nSPS) is 23.4. The fraction of sp³-hybridized carbons (Fsp3) is 0.571. The predicted molar refractivity (Wildman–Crippen MR) is 112 cm³/mol. The van der Waals surface area contributed by atoms with E-state index >= 15 is 0 Å². The molecule has 1 amide bonds. The van der Waals surface area contributed by atoms with Crippen LogP contribution in [-0.4, -0.2) is 39.8 Å². The highest BCUT2D eigenvalue weighted by Gasteiger charge is 2.38. The third kappa shape index (κ3) is 4.07. The number of nitrogens with zero attached hydrogens (tertiary/aromatic N) is 4. The summed E-state index contributed by atoms with van der Waals surface area (Å²) in [5.41, 5.74) is 1.65. The molecule has 2 aromatic heterocycles. The summed E-state index contributed by atoms with van der Waals surface area (Å²) < 4.78 is 40.1. The molecule has 1 fully saturated rings. The summed E-state index contributed by atoms with van der Waals surface area (Å²) in [6.45, 7) is 6.13. The van der Waals surface area contributed by atoms with Crippen LogP contribution in [0.4, 0.5) is 30.4 Å². The van der Waals surface area contributed by atoms with Crippen LogP contribution >= 0.6 is 0 Å². The van der Waals surface area contributed by atoms with Crippen molar-refractivity contribution in [1.29, 1.82) is 0 Å². The molecule has 0 bridgehead atoms. The van der Waals surface area contributed by atoms with Crippen molar-refractivity contribution in [1.82, 2.24) is 14.8 Å². The first-order valence-electron chi connectivity index (χ1n) is 10.5. The molecule has 1 saturated carbocycles. The highest BCUT2D eigenvalue weighted by atomic mass is 19.4. The number of hydrogen-bond acceptors (Lipinski definition) is 5. The predicted octanol–water partition coefficient (Wildman–Crippen LogP) is 3.91. The van der Waals surface area contributed by atoms with Gasteiger partial charge >= 0.3 is 6.18 Å². The van der Waals surface area contributed by atoms with Crippen LogP contribution < -0.4 is 15.5 Å². The van der Waals surface area contributed by atoms with Gasteiger partial charge in [0.15, 0.2) is 0 Å². The Morgan fingerprint density at radius 1 is 1.32 bits per heavy atom. The molecule has 10 heteroatoms. The van der Waals surface area contributed by atoms with Crippen LogP contribution in [0.15, 0.2) is 18.3 Å². The molecule has 1 aliphatic heterocycles. The van der Waals surface area contributed by atoms with E-state index in [0.29, 0.717) is 5.82 Å². The van der Waals surface area contributed by atoms with E-state index in [4.69, 9.17) is 0 Å². The minimum atomic E-state index is -4.39. The maximum Gasteiger partial charge on any atom is 0.433 e. The zero-order chi connectivity index (χ0) is 22.5. The van der Waals surface area contributed by atoms with E-state index < -0.39 is 11.9 Å². The van der Waals surface area contributed by atoms with Crippen LogP contribution in [0.1, 0.15) is 38.1 Å². The molecule has 0 saturated heterocycles. The van der Waals surface area contributed by atoms with Crippen molar-refractivity contribution in [2.45, 2.75) is 58.4 Å². The number of carbonyl (C=O) groups is 1. The summed E-state index contributed by atoms with van der Waals surface area (Å²) >= 11 is 0. The number of aryl methyl sites for hydroxylation is 1. The summed E-state index contributed by atoms with van der Waals surface area (Å²) in [5.74, 6) is 0.957. The number of likely N-dealkylation sites (N-methyl/N-ethyl adjacent to an activating group) is 1. The first-order valence-corrected chi connectivity index (χ1v) is 10.5. The molecule has 3 heterocycles. The number of alkyl halides is 3. The van der Waals surface area contributed by atoms with Crippen LogP contribution in [0.25, 0.3) is 0 Å². The standard InChI is InChI=1S/C21H27F3N6O/c1-11(2)19-20(31)28-18-12(3)26-17(9-15(18)29(19)4)27-14-7-13(8-14)10-30-16(5-6-25-30)21(22,23)24/h5-6,9,11,13-14,19H,7-8,10H2,1-4H3,(H,26,27)(H,28,31)/t13-,14+,19?. The average Bonchev–Trinajstić information content (AvgIpc) is 3.09.